The van der Waals surface area contributed by atoms with E-state index >= 15 is 0 Å². The minimum Gasteiger partial charge on any atom is -0.434 e. The second-order valence-electron chi connectivity index (χ2n) is 8.42. The standard InChI is InChI=1S/C24H27ClF2N8O5/c25-13-2-3-17(40-24(26)27)15(8-13)20(28)16(9-31-10-18(37)35-6-7-39-14(11-35)12-36)34-23(38)19(21(29)30)22-32-4-1-5-33-22/h1-5,8-9,14,16,19,24,28,36H,6-7,10-12H2,(H3,29,30)(H,34,38). The van der Waals surface area contributed by atoms with Gasteiger partial charge in [0.05, 0.1) is 25.0 Å². The number of nitrogens with zero attached hydrogens (tertiary/aromatic N) is 4. The van der Waals surface area contributed by atoms with Crippen LogP contribution in [0.4, 0.5) is 8.78 Å². The highest BCUT2D eigenvalue weighted by molar-refractivity contribution is 6.31. The topological polar surface area (TPSA) is 200 Å². The summed E-state index contributed by atoms with van der Waals surface area (Å²) in [4.78, 5) is 39.3. The highest BCUT2D eigenvalue weighted by atomic mass is 35.5. The SMILES string of the molecule is N=C(c1cc(Cl)ccc1OC(F)F)C(C=NCC(=O)N1CCOC(CO)C1)NC(=O)C(C(=N)N)c1ncccn1. The van der Waals surface area contributed by atoms with Crippen molar-refractivity contribution in [3.8, 4) is 5.75 Å². The molecule has 1 aromatic carbocycles. The molecular formula is C24H27ClF2N8O5. The predicted molar refractivity (Wildman–Crippen MR) is 140 cm³/mol. The first-order valence-corrected chi connectivity index (χ1v) is 12.2. The maximum Gasteiger partial charge on any atom is 0.387 e. The molecule has 1 saturated heterocycles. The lowest BCUT2D eigenvalue weighted by Gasteiger charge is -2.31. The first-order valence-electron chi connectivity index (χ1n) is 11.8. The van der Waals surface area contributed by atoms with Crippen molar-refractivity contribution in [3.63, 3.8) is 0 Å². The molecule has 0 aliphatic carbocycles. The molecule has 1 fully saturated rings. The molecule has 0 radical (unpaired) electrons. The molecule has 2 heterocycles. The van der Waals surface area contributed by atoms with Gasteiger partial charge in [0.15, 0.2) is 5.92 Å². The molecule has 3 unspecified atom stereocenters. The van der Waals surface area contributed by atoms with Gasteiger partial charge >= 0.3 is 6.61 Å². The third kappa shape index (κ3) is 8.21. The number of aromatic nitrogens is 2. The lowest BCUT2D eigenvalue weighted by Crippen LogP contribution is -2.48. The van der Waals surface area contributed by atoms with Gasteiger partial charge in [0, 0.05) is 42.3 Å². The number of aliphatic imine (C=N–C) groups is 1. The number of ether oxygens (including phenoxy) is 2. The largest absolute Gasteiger partial charge is 0.434 e. The van der Waals surface area contributed by atoms with Gasteiger partial charge in [0.1, 0.15) is 30.0 Å². The summed E-state index contributed by atoms with van der Waals surface area (Å²) in [6.07, 6.45) is 3.26. The van der Waals surface area contributed by atoms with E-state index in [4.69, 9.17) is 32.9 Å². The summed E-state index contributed by atoms with van der Waals surface area (Å²) in [5.41, 5.74) is 5.00. The van der Waals surface area contributed by atoms with E-state index in [0.717, 1.165) is 12.3 Å². The van der Waals surface area contributed by atoms with E-state index in [0.29, 0.717) is 0 Å². The van der Waals surface area contributed by atoms with Crippen molar-refractivity contribution >= 4 is 41.2 Å². The van der Waals surface area contributed by atoms with Gasteiger partial charge in [-0.05, 0) is 24.3 Å². The van der Waals surface area contributed by atoms with E-state index < -0.39 is 48.0 Å². The number of amides is 2. The fraction of sp³-hybridized carbons (Fsp3) is 0.375. The van der Waals surface area contributed by atoms with Gasteiger partial charge in [-0.2, -0.15) is 8.78 Å². The van der Waals surface area contributed by atoms with Crippen molar-refractivity contribution in [2.75, 3.05) is 32.8 Å². The molecule has 0 bridgehead atoms. The fourth-order valence-electron chi connectivity index (χ4n) is 3.75. The van der Waals surface area contributed by atoms with Crippen LogP contribution in [0.5, 0.6) is 5.75 Å². The van der Waals surface area contributed by atoms with Gasteiger partial charge in [0.2, 0.25) is 11.8 Å². The number of morpholine rings is 1. The molecule has 0 spiro atoms. The first-order chi connectivity index (χ1) is 19.1. The lowest BCUT2D eigenvalue weighted by molar-refractivity contribution is -0.138. The number of carbonyl (C=O) groups excluding carboxylic acids is 2. The molecule has 6 N–H and O–H groups in total. The van der Waals surface area contributed by atoms with Gasteiger partial charge in [-0.15, -0.1) is 0 Å². The van der Waals surface area contributed by atoms with Crippen LogP contribution in [-0.2, 0) is 14.3 Å². The van der Waals surface area contributed by atoms with E-state index in [-0.39, 0.29) is 55.0 Å². The Morgan fingerprint density at radius 3 is 2.73 bits per heavy atom. The monoisotopic (exact) mass is 580 g/mol. The number of aliphatic hydroxyl groups is 1. The van der Waals surface area contributed by atoms with Crippen molar-refractivity contribution in [2.24, 2.45) is 10.7 Å². The van der Waals surface area contributed by atoms with Crippen molar-refractivity contribution in [2.45, 2.75) is 24.7 Å². The number of benzene rings is 1. The predicted octanol–water partition coefficient (Wildman–Crippen LogP) is 0.594. The Balaban J connectivity index is 1.89. The summed E-state index contributed by atoms with van der Waals surface area (Å²) < 4.78 is 35.9. The third-order valence-electron chi connectivity index (χ3n) is 5.65. The summed E-state index contributed by atoms with van der Waals surface area (Å²) in [5, 5.41) is 28.5. The highest BCUT2D eigenvalue weighted by Gasteiger charge is 2.30. The van der Waals surface area contributed by atoms with Gasteiger partial charge < -0.3 is 35.9 Å². The fourth-order valence-corrected chi connectivity index (χ4v) is 3.92. The highest BCUT2D eigenvalue weighted by Crippen LogP contribution is 2.26. The maximum absolute atomic E-state index is 13.2. The van der Waals surface area contributed by atoms with E-state index in [9.17, 15) is 23.5 Å². The Morgan fingerprint density at radius 1 is 1.35 bits per heavy atom. The molecule has 214 valence electrons. The zero-order valence-electron chi connectivity index (χ0n) is 21.0. The van der Waals surface area contributed by atoms with Crippen molar-refractivity contribution in [1.82, 2.24) is 20.2 Å². The van der Waals surface area contributed by atoms with Crippen LogP contribution in [0.2, 0.25) is 5.02 Å². The second-order valence-corrected chi connectivity index (χ2v) is 8.86. The molecule has 40 heavy (non-hydrogen) atoms. The number of aliphatic hydroxyl groups excluding tert-OH is 1. The number of rotatable bonds is 12. The average molecular weight is 581 g/mol. The smallest absolute Gasteiger partial charge is 0.387 e. The quantitative estimate of drug-likeness (QED) is 0.177. The molecule has 3 atom stereocenters. The van der Waals surface area contributed by atoms with Crippen LogP contribution in [0.15, 0.2) is 41.7 Å². The number of hydrogen-bond acceptors (Lipinski definition) is 10. The molecule has 1 aliphatic rings. The number of carbonyl (C=O) groups is 2. The van der Waals surface area contributed by atoms with Crippen LogP contribution in [-0.4, -0.2) is 101 Å². The number of nitrogens with one attached hydrogen (secondary N) is 3. The van der Waals surface area contributed by atoms with E-state index in [1.807, 2.05) is 0 Å². The minimum atomic E-state index is -3.21. The van der Waals surface area contributed by atoms with E-state index in [1.165, 1.54) is 35.5 Å². The van der Waals surface area contributed by atoms with Gasteiger partial charge in [0.25, 0.3) is 0 Å². The number of halogens is 3. The summed E-state index contributed by atoms with van der Waals surface area (Å²) in [6.45, 7) is -3.17. The first kappa shape index (κ1) is 30.5. The van der Waals surface area contributed by atoms with E-state index in [1.54, 1.807) is 0 Å². The Morgan fingerprint density at radius 2 is 2.08 bits per heavy atom. The molecule has 3 rings (SSSR count). The summed E-state index contributed by atoms with van der Waals surface area (Å²) in [7, 11) is 0. The van der Waals surface area contributed by atoms with Crippen molar-refractivity contribution in [3.05, 3.63) is 53.1 Å². The summed E-state index contributed by atoms with van der Waals surface area (Å²) in [6, 6.07) is 3.73. The van der Waals surface area contributed by atoms with Crippen LogP contribution >= 0.6 is 11.6 Å². The van der Waals surface area contributed by atoms with Crippen molar-refractivity contribution < 1.29 is 33.0 Å². The molecule has 0 saturated carbocycles. The Bertz CT molecular complexity index is 1250. The number of hydrogen-bond donors (Lipinski definition) is 5. The van der Waals surface area contributed by atoms with Crippen LogP contribution in [0.1, 0.15) is 17.3 Å². The molecule has 1 aliphatic heterocycles. The third-order valence-corrected chi connectivity index (χ3v) is 5.88. The van der Waals surface area contributed by atoms with E-state index in [2.05, 4.69) is 25.0 Å². The molecule has 16 heteroatoms. The molecule has 1 aromatic heterocycles. The Hall–Kier alpha value is -4.08. The van der Waals surface area contributed by atoms with Gasteiger partial charge in [-0.1, -0.05) is 11.6 Å². The molecule has 2 aromatic rings. The zero-order valence-corrected chi connectivity index (χ0v) is 21.7. The molecule has 2 amide bonds. The van der Waals surface area contributed by atoms with Crippen molar-refractivity contribution in [1.29, 1.82) is 10.8 Å². The number of amidine groups is 1. The Labute approximate surface area is 232 Å². The summed E-state index contributed by atoms with van der Waals surface area (Å²) in [5.74, 6) is -3.78. The molecular weight excluding hydrogens is 554 g/mol. The zero-order chi connectivity index (χ0) is 29.2. The number of alkyl halides is 2. The van der Waals surface area contributed by atoms with Crippen LogP contribution in [0.25, 0.3) is 0 Å². The van der Waals surface area contributed by atoms with Gasteiger partial charge in [-0.3, -0.25) is 20.0 Å². The van der Waals surface area contributed by atoms with Crippen LogP contribution in [0, 0.1) is 10.8 Å². The Kier molecular flexibility index (Phi) is 10.9. The van der Waals surface area contributed by atoms with Crippen LogP contribution in [0.3, 0.4) is 0 Å². The lowest BCUT2D eigenvalue weighted by atomic mass is 10.0. The van der Waals surface area contributed by atoms with Gasteiger partial charge in [-0.25, -0.2) is 9.97 Å². The number of nitrogens with two attached hydrogens (primary N) is 1. The molecule has 13 nitrogen and oxygen atoms in total. The summed E-state index contributed by atoms with van der Waals surface area (Å²) >= 11 is 6.04. The maximum atomic E-state index is 13.2. The average Bonchev–Trinajstić information content (AvgIpc) is 2.93. The van der Waals surface area contributed by atoms with Crippen LogP contribution < -0.4 is 15.8 Å². The minimum absolute atomic E-state index is 0.0832. The normalized spacial score (nSPS) is 16.9. The second kappa shape index (κ2) is 14.3.